The van der Waals surface area contributed by atoms with E-state index in [4.69, 9.17) is 9.97 Å². The van der Waals surface area contributed by atoms with Crippen molar-refractivity contribution in [3.05, 3.63) is 34.6 Å². The van der Waals surface area contributed by atoms with Crippen molar-refractivity contribution >= 4 is 33.5 Å². The van der Waals surface area contributed by atoms with E-state index in [1.807, 2.05) is 12.3 Å². The Kier molecular flexibility index (Phi) is 5.45. The molecule has 0 amide bonds. The van der Waals surface area contributed by atoms with E-state index in [1.165, 1.54) is 0 Å². The molecule has 144 valence electrons. The maximum atomic E-state index is 4.90. The van der Waals surface area contributed by atoms with Crippen LogP contribution in [0, 0.1) is 6.92 Å². The molecule has 2 aromatic heterocycles. The molecule has 2 aliphatic rings. The Hall–Kier alpha value is -1.93. The van der Waals surface area contributed by atoms with E-state index < -0.39 is 0 Å². The van der Waals surface area contributed by atoms with E-state index >= 15 is 0 Å². The Morgan fingerprint density at radius 1 is 0.815 bits per heavy atom. The van der Waals surface area contributed by atoms with Crippen LogP contribution in [0.5, 0.6) is 0 Å². The van der Waals surface area contributed by atoms with Gasteiger partial charge in [-0.1, -0.05) is 0 Å². The highest BCUT2D eigenvalue weighted by Gasteiger charge is 2.22. The number of aromatic nitrogens is 3. The first kappa shape index (κ1) is 18.4. The molecule has 27 heavy (non-hydrogen) atoms. The van der Waals surface area contributed by atoms with Crippen molar-refractivity contribution in [2.45, 2.75) is 6.92 Å². The molecular formula is C19H26BrN7. The van der Waals surface area contributed by atoms with Crippen LogP contribution in [0.4, 0.5) is 17.6 Å². The molecule has 0 spiro atoms. The third kappa shape index (κ3) is 4.32. The molecule has 0 unspecified atom stereocenters. The third-order valence-electron chi connectivity index (χ3n) is 5.25. The number of hydrogen-bond donors (Lipinski definition) is 0. The number of rotatable bonds is 3. The summed E-state index contributed by atoms with van der Waals surface area (Å²) in [5, 5.41) is 0. The molecule has 0 radical (unpaired) electrons. The van der Waals surface area contributed by atoms with Gasteiger partial charge >= 0.3 is 0 Å². The number of halogens is 1. The Bertz CT molecular complexity index is 766. The van der Waals surface area contributed by atoms with Crippen molar-refractivity contribution in [3.8, 4) is 0 Å². The minimum absolute atomic E-state index is 0.854. The normalized spacial score (nSPS) is 18.9. The predicted molar refractivity (Wildman–Crippen MR) is 113 cm³/mol. The second-order valence-corrected chi connectivity index (χ2v) is 8.18. The molecule has 7 nitrogen and oxygen atoms in total. The maximum Gasteiger partial charge on any atom is 0.227 e. The lowest BCUT2D eigenvalue weighted by Crippen LogP contribution is -2.48. The first-order valence-corrected chi connectivity index (χ1v) is 10.3. The summed E-state index contributed by atoms with van der Waals surface area (Å²) in [5.41, 5.74) is 1.03. The molecule has 0 bridgehead atoms. The molecule has 0 aliphatic carbocycles. The van der Waals surface area contributed by atoms with Crippen molar-refractivity contribution in [3.63, 3.8) is 0 Å². The fraction of sp³-hybridized carbons (Fsp3) is 0.526. The van der Waals surface area contributed by atoms with Crippen LogP contribution >= 0.6 is 15.9 Å². The van der Waals surface area contributed by atoms with Crippen LogP contribution in [0.3, 0.4) is 0 Å². The van der Waals surface area contributed by atoms with E-state index in [2.05, 4.69) is 66.6 Å². The molecular weight excluding hydrogens is 406 g/mol. The average molecular weight is 432 g/mol. The average Bonchev–Trinajstić information content (AvgIpc) is 2.69. The van der Waals surface area contributed by atoms with Crippen LogP contribution in [0.1, 0.15) is 5.69 Å². The van der Waals surface area contributed by atoms with Crippen LogP contribution in [0.25, 0.3) is 0 Å². The highest BCUT2D eigenvalue weighted by molar-refractivity contribution is 9.10. The Labute approximate surface area is 169 Å². The fourth-order valence-corrected chi connectivity index (χ4v) is 3.80. The number of nitrogens with zero attached hydrogens (tertiary/aromatic N) is 7. The van der Waals surface area contributed by atoms with Gasteiger partial charge in [-0.05, 0) is 42.0 Å². The van der Waals surface area contributed by atoms with Crippen LogP contribution in [-0.2, 0) is 0 Å². The van der Waals surface area contributed by atoms with E-state index in [1.54, 1.807) is 0 Å². The lowest BCUT2D eigenvalue weighted by atomic mass is 10.3. The smallest absolute Gasteiger partial charge is 0.227 e. The van der Waals surface area contributed by atoms with E-state index in [-0.39, 0.29) is 0 Å². The summed E-state index contributed by atoms with van der Waals surface area (Å²) in [6.07, 6.45) is 1.85. The third-order valence-corrected chi connectivity index (χ3v) is 5.72. The summed E-state index contributed by atoms with van der Waals surface area (Å²) < 4.78 is 1.01. The van der Waals surface area contributed by atoms with Crippen LogP contribution in [0.2, 0.25) is 0 Å². The minimum atomic E-state index is 0.854. The fourth-order valence-electron chi connectivity index (χ4n) is 3.57. The van der Waals surface area contributed by atoms with Gasteiger partial charge in [0.25, 0.3) is 0 Å². The van der Waals surface area contributed by atoms with Gasteiger partial charge in [-0.25, -0.2) is 9.97 Å². The summed E-state index contributed by atoms with van der Waals surface area (Å²) in [7, 11) is 2.17. The molecule has 2 fully saturated rings. The van der Waals surface area contributed by atoms with Gasteiger partial charge < -0.3 is 19.6 Å². The van der Waals surface area contributed by atoms with Gasteiger partial charge in [0.05, 0.1) is 0 Å². The first-order valence-electron chi connectivity index (χ1n) is 9.49. The molecule has 4 heterocycles. The SMILES string of the molecule is Cc1cc(N2CCN(C)CC2)nc(N2CCN(c3ccc(Br)cn3)CC2)n1. The van der Waals surface area contributed by atoms with Gasteiger partial charge in [-0.3, -0.25) is 0 Å². The second kappa shape index (κ2) is 7.98. The summed E-state index contributed by atoms with van der Waals surface area (Å²) in [6.45, 7) is 9.93. The number of anilines is 3. The van der Waals surface area contributed by atoms with Gasteiger partial charge in [0, 0.05) is 74.8 Å². The highest BCUT2D eigenvalue weighted by Crippen LogP contribution is 2.21. The summed E-state index contributed by atoms with van der Waals surface area (Å²) in [4.78, 5) is 23.5. The quantitative estimate of drug-likeness (QED) is 0.736. The number of likely N-dealkylation sites (N-methyl/N-ethyl adjacent to an activating group) is 1. The Morgan fingerprint density at radius 3 is 2.11 bits per heavy atom. The Balaban J connectivity index is 1.44. The van der Waals surface area contributed by atoms with Gasteiger partial charge in [0.2, 0.25) is 5.95 Å². The van der Waals surface area contributed by atoms with Gasteiger partial charge in [0.1, 0.15) is 11.6 Å². The van der Waals surface area contributed by atoms with Gasteiger partial charge in [-0.15, -0.1) is 0 Å². The molecule has 0 aromatic carbocycles. The maximum absolute atomic E-state index is 4.90. The van der Waals surface area contributed by atoms with Gasteiger partial charge in [0.15, 0.2) is 0 Å². The van der Waals surface area contributed by atoms with Crippen molar-refractivity contribution in [1.29, 1.82) is 0 Å². The standard InChI is InChI=1S/C19H26BrN7/c1-15-13-18(26-7-5-24(2)6-8-26)23-19(22-15)27-11-9-25(10-12-27)17-4-3-16(20)14-21-17/h3-4,13-14H,5-12H2,1-2H3. The summed E-state index contributed by atoms with van der Waals surface area (Å²) in [5.74, 6) is 2.94. The molecule has 0 N–H and O–H groups in total. The van der Waals surface area contributed by atoms with E-state index in [9.17, 15) is 0 Å². The summed E-state index contributed by atoms with van der Waals surface area (Å²) in [6, 6.07) is 6.21. The zero-order valence-electron chi connectivity index (χ0n) is 16.0. The number of hydrogen-bond acceptors (Lipinski definition) is 7. The number of piperazine rings is 2. The monoisotopic (exact) mass is 431 g/mol. The lowest BCUT2D eigenvalue weighted by molar-refractivity contribution is 0.312. The summed E-state index contributed by atoms with van der Waals surface area (Å²) >= 11 is 3.45. The molecule has 4 rings (SSSR count). The topological polar surface area (TPSA) is 51.6 Å². The molecule has 2 aromatic rings. The largest absolute Gasteiger partial charge is 0.354 e. The molecule has 0 saturated carbocycles. The van der Waals surface area contributed by atoms with Crippen molar-refractivity contribution in [1.82, 2.24) is 19.9 Å². The Morgan fingerprint density at radius 2 is 1.44 bits per heavy atom. The van der Waals surface area contributed by atoms with Crippen LogP contribution < -0.4 is 14.7 Å². The first-order chi connectivity index (χ1) is 13.1. The zero-order valence-corrected chi connectivity index (χ0v) is 17.6. The van der Waals surface area contributed by atoms with Crippen molar-refractivity contribution in [2.24, 2.45) is 0 Å². The second-order valence-electron chi connectivity index (χ2n) is 7.27. The van der Waals surface area contributed by atoms with E-state index in [0.717, 1.165) is 80.1 Å². The number of pyridine rings is 1. The molecule has 2 aliphatic heterocycles. The van der Waals surface area contributed by atoms with Crippen LogP contribution in [0.15, 0.2) is 28.9 Å². The molecule has 2 saturated heterocycles. The molecule has 0 atom stereocenters. The van der Waals surface area contributed by atoms with Crippen molar-refractivity contribution in [2.75, 3.05) is 74.1 Å². The molecule has 8 heteroatoms. The van der Waals surface area contributed by atoms with Crippen molar-refractivity contribution < 1.29 is 0 Å². The lowest BCUT2D eigenvalue weighted by Gasteiger charge is -2.36. The van der Waals surface area contributed by atoms with Gasteiger partial charge in [-0.2, -0.15) is 4.98 Å². The predicted octanol–water partition coefficient (Wildman–Crippen LogP) is 2.02. The van der Waals surface area contributed by atoms with Crippen LogP contribution in [-0.4, -0.2) is 79.3 Å². The number of aryl methyl sites for hydroxylation is 1. The highest BCUT2D eigenvalue weighted by atomic mass is 79.9. The minimum Gasteiger partial charge on any atom is -0.354 e. The zero-order chi connectivity index (χ0) is 18.8. The van der Waals surface area contributed by atoms with E-state index in [0.29, 0.717) is 0 Å².